The second kappa shape index (κ2) is 7.50. The second-order valence-corrected chi connectivity index (χ2v) is 8.09. The highest BCUT2D eigenvalue weighted by atomic mass is 19.1. The van der Waals surface area contributed by atoms with Crippen LogP contribution in [0.2, 0.25) is 0 Å². The number of fused-ring (bicyclic) bond motifs is 1. The molecule has 2 heterocycles. The number of halogens is 2. The van der Waals surface area contributed by atoms with E-state index < -0.39 is 30.3 Å². The Morgan fingerprint density at radius 3 is 2.74 bits per heavy atom. The van der Waals surface area contributed by atoms with Crippen molar-refractivity contribution in [2.24, 2.45) is 5.41 Å². The summed E-state index contributed by atoms with van der Waals surface area (Å²) in [6.45, 7) is 4.84. The van der Waals surface area contributed by atoms with Gasteiger partial charge in [0.05, 0.1) is 24.6 Å². The lowest BCUT2D eigenvalue weighted by molar-refractivity contribution is -0.124. The first-order valence-electron chi connectivity index (χ1n) is 9.34. The number of benzene rings is 1. The van der Waals surface area contributed by atoms with Crippen molar-refractivity contribution in [3.63, 3.8) is 0 Å². The first kappa shape index (κ1) is 19.7. The quantitative estimate of drug-likeness (QED) is 0.812. The van der Waals surface area contributed by atoms with E-state index in [0.717, 1.165) is 22.0 Å². The summed E-state index contributed by atoms with van der Waals surface area (Å²) in [5, 5.41) is 8.18. The SMILES string of the molecule is Cc1cccc2c(C(C)(C)NC(=O)CC3NCCC3(CF)CF)nccc12. The monoisotopic (exact) mass is 375 g/mol. The molecule has 4 nitrogen and oxygen atoms in total. The lowest BCUT2D eigenvalue weighted by Crippen LogP contribution is -2.47. The molecule has 0 saturated carbocycles. The first-order valence-corrected chi connectivity index (χ1v) is 9.34. The van der Waals surface area contributed by atoms with Gasteiger partial charge in [-0.2, -0.15) is 0 Å². The number of carbonyl (C=O) groups excluding carboxylic acids is 1. The van der Waals surface area contributed by atoms with Crippen LogP contribution in [0.5, 0.6) is 0 Å². The zero-order valence-electron chi connectivity index (χ0n) is 16.1. The van der Waals surface area contributed by atoms with Crippen LogP contribution in [0.1, 0.15) is 37.9 Å². The first-order chi connectivity index (χ1) is 12.8. The van der Waals surface area contributed by atoms with Gasteiger partial charge in [-0.3, -0.25) is 18.6 Å². The van der Waals surface area contributed by atoms with E-state index in [1.54, 1.807) is 6.20 Å². The van der Waals surface area contributed by atoms with E-state index in [9.17, 15) is 13.6 Å². The van der Waals surface area contributed by atoms with Crippen molar-refractivity contribution in [2.45, 2.75) is 45.2 Å². The Morgan fingerprint density at radius 1 is 1.30 bits per heavy atom. The van der Waals surface area contributed by atoms with Gasteiger partial charge >= 0.3 is 0 Å². The fourth-order valence-corrected chi connectivity index (χ4v) is 4.04. The summed E-state index contributed by atoms with van der Waals surface area (Å²) in [5.41, 5.74) is 0.121. The number of aromatic nitrogens is 1. The number of alkyl halides is 2. The minimum atomic E-state index is -1.09. The molecule has 0 radical (unpaired) electrons. The van der Waals surface area contributed by atoms with E-state index in [4.69, 9.17) is 0 Å². The highest BCUT2D eigenvalue weighted by molar-refractivity contribution is 5.88. The van der Waals surface area contributed by atoms with Gasteiger partial charge in [-0.1, -0.05) is 18.2 Å². The Balaban J connectivity index is 1.81. The Bertz CT molecular complexity index is 833. The van der Waals surface area contributed by atoms with Crippen LogP contribution < -0.4 is 10.6 Å². The van der Waals surface area contributed by atoms with E-state index in [0.29, 0.717) is 13.0 Å². The number of pyridine rings is 1. The third kappa shape index (κ3) is 3.68. The van der Waals surface area contributed by atoms with E-state index in [2.05, 4.69) is 15.6 Å². The van der Waals surface area contributed by atoms with Gasteiger partial charge in [0.25, 0.3) is 0 Å². The van der Waals surface area contributed by atoms with Gasteiger partial charge in [0, 0.05) is 29.5 Å². The largest absolute Gasteiger partial charge is 0.346 e. The molecule has 1 aromatic carbocycles. The lowest BCUT2D eigenvalue weighted by atomic mass is 9.81. The maximum Gasteiger partial charge on any atom is 0.222 e. The summed E-state index contributed by atoms with van der Waals surface area (Å²) >= 11 is 0. The molecule has 1 aliphatic heterocycles. The van der Waals surface area contributed by atoms with Gasteiger partial charge in [0.2, 0.25) is 5.91 Å². The number of amides is 1. The highest BCUT2D eigenvalue weighted by Gasteiger charge is 2.44. The van der Waals surface area contributed by atoms with Crippen molar-refractivity contribution in [2.75, 3.05) is 19.9 Å². The third-order valence-electron chi connectivity index (χ3n) is 5.74. The molecule has 27 heavy (non-hydrogen) atoms. The molecule has 2 N–H and O–H groups in total. The van der Waals surface area contributed by atoms with Gasteiger partial charge in [-0.25, -0.2) is 0 Å². The van der Waals surface area contributed by atoms with Crippen LogP contribution in [0.4, 0.5) is 8.78 Å². The normalized spacial score (nSPS) is 19.4. The number of rotatable bonds is 6. The number of carbonyl (C=O) groups is 1. The van der Waals surface area contributed by atoms with Crippen molar-refractivity contribution in [1.82, 2.24) is 15.6 Å². The van der Waals surface area contributed by atoms with Crippen LogP contribution in [0.15, 0.2) is 30.5 Å². The average molecular weight is 375 g/mol. The van der Waals surface area contributed by atoms with Gasteiger partial charge in [-0.15, -0.1) is 0 Å². The zero-order valence-corrected chi connectivity index (χ0v) is 16.1. The van der Waals surface area contributed by atoms with Crippen molar-refractivity contribution < 1.29 is 13.6 Å². The molecule has 0 spiro atoms. The third-order valence-corrected chi connectivity index (χ3v) is 5.74. The number of hydrogen-bond donors (Lipinski definition) is 2. The van der Waals surface area contributed by atoms with Crippen molar-refractivity contribution in [3.05, 3.63) is 41.7 Å². The van der Waals surface area contributed by atoms with Crippen LogP contribution in [-0.4, -0.2) is 36.8 Å². The predicted molar refractivity (Wildman–Crippen MR) is 103 cm³/mol. The van der Waals surface area contributed by atoms with E-state index >= 15 is 0 Å². The van der Waals surface area contributed by atoms with Crippen LogP contribution in [-0.2, 0) is 10.3 Å². The van der Waals surface area contributed by atoms with Gasteiger partial charge in [0.1, 0.15) is 0 Å². The van der Waals surface area contributed by atoms with Crippen molar-refractivity contribution in [1.29, 1.82) is 0 Å². The zero-order chi connectivity index (χ0) is 19.7. The Morgan fingerprint density at radius 2 is 2.04 bits per heavy atom. The summed E-state index contributed by atoms with van der Waals surface area (Å²) in [7, 11) is 0. The standard InChI is InChI=1S/C21H27F2N3O/c1-14-5-4-6-16-15(14)7-9-25-19(16)20(2,3)26-18(27)11-17-21(12-22,13-23)8-10-24-17/h4-7,9,17,24H,8,10-13H2,1-3H3,(H,26,27). The number of hydrogen-bond acceptors (Lipinski definition) is 3. The Kier molecular flexibility index (Phi) is 5.47. The predicted octanol–water partition coefficient (Wildman–Crippen LogP) is 3.57. The molecule has 1 fully saturated rings. The molecule has 1 amide bonds. The van der Waals surface area contributed by atoms with Crippen LogP contribution in [0.3, 0.4) is 0 Å². The lowest BCUT2D eigenvalue weighted by Gasteiger charge is -2.31. The molecular formula is C21H27F2N3O. The fraction of sp³-hybridized carbons (Fsp3) is 0.524. The fourth-order valence-electron chi connectivity index (χ4n) is 4.04. The summed E-state index contributed by atoms with van der Waals surface area (Å²) in [4.78, 5) is 17.2. The molecule has 6 heteroatoms. The van der Waals surface area contributed by atoms with Crippen molar-refractivity contribution in [3.8, 4) is 0 Å². The molecule has 0 aliphatic carbocycles. The van der Waals surface area contributed by atoms with Crippen LogP contribution in [0.25, 0.3) is 10.8 Å². The summed E-state index contributed by atoms with van der Waals surface area (Å²) in [6.07, 6.45) is 2.20. The average Bonchev–Trinajstić information content (AvgIpc) is 3.04. The van der Waals surface area contributed by atoms with E-state index in [1.807, 2.05) is 45.0 Å². The molecule has 1 atom stereocenters. The maximum absolute atomic E-state index is 13.4. The highest BCUT2D eigenvalue weighted by Crippen LogP contribution is 2.35. The van der Waals surface area contributed by atoms with Gasteiger partial charge in [0.15, 0.2) is 0 Å². The van der Waals surface area contributed by atoms with Gasteiger partial charge < -0.3 is 10.6 Å². The van der Waals surface area contributed by atoms with Crippen molar-refractivity contribution >= 4 is 16.7 Å². The molecule has 146 valence electrons. The maximum atomic E-state index is 13.4. The molecule has 1 unspecified atom stereocenters. The van der Waals surface area contributed by atoms with Gasteiger partial charge in [-0.05, 0) is 50.8 Å². The minimum absolute atomic E-state index is 0.0427. The minimum Gasteiger partial charge on any atom is -0.346 e. The smallest absolute Gasteiger partial charge is 0.222 e. The summed E-state index contributed by atoms with van der Waals surface area (Å²) < 4.78 is 26.9. The number of aryl methyl sites for hydroxylation is 1. The summed E-state index contributed by atoms with van der Waals surface area (Å²) in [6, 6.07) is 7.47. The Hall–Kier alpha value is -2.08. The molecule has 0 bridgehead atoms. The van der Waals surface area contributed by atoms with Crippen LogP contribution >= 0.6 is 0 Å². The molecule has 1 aromatic heterocycles. The molecular weight excluding hydrogens is 348 g/mol. The van der Waals surface area contributed by atoms with E-state index in [-0.39, 0.29) is 12.3 Å². The van der Waals surface area contributed by atoms with E-state index in [1.165, 1.54) is 0 Å². The topological polar surface area (TPSA) is 54.0 Å². The second-order valence-electron chi connectivity index (χ2n) is 8.09. The molecule has 1 saturated heterocycles. The number of nitrogens with zero attached hydrogens (tertiary/aromatic N) is 1. The molecule has 1 aliphatic rings. The summed E-state index contributed by atoms with van der Waals surface area (Å²) in [5.74, 6) is -0.239. The number of nitrogens with one attached hydrogen (secondary N) is 2. The Labute approximate surface area is 158 Å². The molecule has 3 rings (SSSR count). The molecule has 2 aromatic rings. The van der Waals surface area contributed by atoms with Crippen LogP contribution in [0, 0.1) is 12.3 Å².